The van der Waals surface area contributed by atoms with Gasteiger partial charge in [0, 0.05) is 123 Å². The first-order valence-electron chi connectivity index (χ1n) is 37.5. The van der Waals surface area contributed by atoms with Crippen LogP contribution in [0, 0.1) is 11.8 Å². The van der Waals surface area contributed by atoms with Crippen LogP contribution in [-0.4, -0.2) is 235 Å². The van der Waals surface area contributed by atoms with E-state index in [1.54, 1.807) is 62.9 Å². The molecule has 3 aliphatic rings. The summed E-state index contributed by atoms with van der Waals surface area (Å²) in [5.41, 5.74) is 9.07. The van der Waals surface area contributed by atoms with Crippen molar-refractivity contribution in [2.45, 2.75) is 89.5 Å². The minimum absolute atomic E-state index is 0.0257. The molecule has 0 saturated carbocycles. The lowest BCUT2D eigenvalue weighted by molar-refractivity contribution is -0.139. The van der Waals surface area contributed by atoms with Crippen molar-refractivity contribution >= 4 is 142 Å². The molecule has 2 unspecified atom stereocenters. The molecule has 5 aromatic carbocycles. The van der Waals surface area contributed by atoms with Crippen molar-refractivity contribution < 1.29 is 94.8 Å². The Balaban J connectivity index is 0.688. The Morgan fingerprint density at radius 2 is 1.16 bits per heavy atom. The van der Waals surface area contributed by atoms with E-state index in [0.717, 1.165) is 27.3 Å². The van der Waals surface area contributed by atoms with Crippen LogP contribution < -0.4 is 40.7 Å². The van der Waals surface area contributed by atoms with Gasteiger partial charge in [0.25, 0.3) is 11.8 Å². The molecule has 6 aromatic rings. The third kappa shape index (κ3) is 23.5. The van der Waals surface area contributed by atoms with Crippen LogP contribution in [0.2, 0.25) is 0 Å². The maximum atomic E-state index is 14.6. The number of imide groups is 1. The van der Waals surface area contributed by atoms with Crippen LogP contribution in [0.3, 0.4) is 0 Å². The third-order valence-electron chi connectivity index (χ3n) is 19.4. The number of likely N-dealkylation sites (N-methyl/N-ethyl adjacent to an activating group) is 2. The van der Waals surface area contributed by atoms with E-state index in [9.17, 15) is 47.9 Å². The number of furan rings is 1. The summed E-state index contributed by atoms with van der Waals surface area (Å²) in [5, 5.41) is 11.0. The number of carbonyl (C=O) groups is 10. The van der Waals surface area contributed by atoms with Crippen molar-refractivity contribution in [2.24, 2.45) is 17.6 Å². The number of nitrogens with one attached hydrogen (secondary N) is 3. The quantitative estimate of drug-likeness (QED) is 0.0119. The number of nitrogens with zero attached hydrogens (tertiary/aromatic N) is 5. The smallest absolute Gasteiger partial charge is 0.415 e. The fraction of sp³-hybridized carbons (Fsp3) is 0.494. The van der Waals surface area contributed by atoms with Crippen LogP contribution in [-0.2, 0) is 63.7 Å². The lowest BCUT2D eigenvalue weighted by Crippen LogP contribution is -2.45. The number of carbonyl (C=O) groups excluding carboxylic acids is 10. The summed E-state index contributed by atoms with van der Waals surface area (Å²) in [4.78, 5) is 141. The molecule has 5 N–H and O–H groups in total. The molecule has 1 saturated heterocycles. The average Bonchev–Trinajstić information content (AvgIpc) is 1.57. The van der Waals surface area contributed by atoms with Crippen molar-refractivity contribution in [3.8, 4) is 11.5 Å². The van der Waals surface area contributed by atoms with E-state index in [-0.39, 0.29) is 181 Å². The number of benzene rings is 5. The van der Waals surface area contributed by atoms with Crippen LogP contribution in [0.15, 0.2) is 101 Å². The molecule has 29 nitrogen and oxygen atoms in total. The second-order valence-corrected chi connectivity index (χ2v) is 29.0. The summed E-state index contributed by atoms with van der Waals surface area (Å²) in [5.74, 6) is -3.20. The number of alkyl halides is 2. The lowest BCUT2D eigenvalue weighted by Gasteiger charge is -2.26. The fourth-order valence-electron chi connectivity index (χ4n) is 13.5. The Bertz CT molecular complexity index is 4240. The Kier molecular flexibility index (Phi) is 34.4. The van der Waals surface area contributed by atoms with Gasteiger partial charge >= 0.3 is 18.2 Å². The SMILES string of the molecule is CCN(CCN(CC)C(=O)Oc1cc2c(c3ccccc13)[C@H](CCl)CN2C(=O)c1ccc(C(=O)N2C[C@@H](CCl)c3c2cc(OP)c2ccccc32)o1)C(=O)OCc1ccc(NC(=O)[C@H](CCCNC(N)=O)CC(=O)[C@@H](NC(=O)CCOCCOCCOCCOCCOCCOCCN2C(=O)CC(SC)C2=O)C(C)C)cc1. The van der Waals surface area contributed by atoms with Gasteiger partial charge in [-0.25, -0.2) is 14.4 Å². The maximum Gasteiger partial charge on any atom is 0.415 e. The van der Waals surface area contributed by atoms with E-state index in [2.05, 4.69) is 25.4 Å². The first-order valence-corrected chi connectivity index (χ1v) is 40.4. The summed E-state index contributed by atoms with van der Waals surface area (Å²) >= 11 is 14.5. The maximum absolute atomic E-state index is 14.6. The Morgan fingerprint density at radius 1 is 0.661 bits per heavy atom. The second kappa shape index (κ2) is 44.1. The molecular formula is C79H100Cl2N9O20PS. The number of Topliss-reactive ketones (excluding diaryl/α,β-unsaturated/α-hetero) is 1. The van der Waals surface area contributed by atoms with Gasteiger partial charge in [-0.2, -0.15) is 11.8 Å². The van der Waals surface area contributed by atoms with E-state index in [1.807, 2.05) is 60.9 Å². The largest absolute Gasteiger partial charge is 0.480 e. The van der Waals surface area contributed by atoms with Crippen molar-refractivity contribution in [3.63, 3.8) is 0 Å². The second-order valence-electron chi connectivity index (χ2n) is 27.1. The Morgan fingerprint density at radius 3 is 1.65 bits per heavy atom. The Hall–Kier alpha value is -8.68. The highest BCUT2D eigenvalue weighted by Gasteiger charge is 2.41. The van der Waals surface area contributed by atoms with Crippen LogP contribution in [0.25, 0.3) is 21.5 Å². The number of urea groups is 1. The highest BCUT2D eigenvalue weighted by molar-refractivity contribution is 8.00. The molecule has 0 radical (unpaired) electrons. The van der Waals surface area contributed by atoms with E-state index in [1.165, 1.54) is 43.5 Å². The first-order chi connectivity index (χ1) is 54.2. The monoisotopic (exact) mass is 1630 g/mol. The van der Waals surface area contributed by atoms with Gasteiger partial charge < -0.3 is 88.1 Å². The summed E-state index contributed by atoms with van der Waals surface area (Å²) in [7, 11) is 2.26. The molecule has 9 rings (SSSR count). The predicted molar refractivity (Wildman–Crippen MR) is 428 cm³/mol. The normalized spacial score (nSPS) is 15.7. The number of ketones is 1. The molecular weight excluding hydrogens is 1530 g/mol. The molecule has 606 valence electrons. The number of primary amides is 1. The van der Waals surface area contributed by atoms with Crippen LogP contribution in [0.1, 0.15) is 109 Å². The molecule has 6 atom stereocenters. The number of likely N-dealkylation sites (tertiary alicyclic amines) is 1. The van der Waals surface area contributed by atoms with Crippen LogP contribution in [0.4, 0.5) is 31.4 Å². The van der Waals surface area contributed by atoms with Crippen LogP contribution >= 0.6 is 44.4 Å². The van der Waals surface area contributed by atoms with E-state index in [0.29, 0.717) is 93.0 Å². The highest BCUT2D eigenvalue weighted by atomic mass is 35.5. The fourth-order valence-corrected chi connectivity index (χ4v) is 14.9. The Labute approximate surface area is 667 Å². The van der Waals surface area contributed by atoms with Crippen molar-refractivity contribution in [1.82, 2.24) is 25.3 Å². The van der Waals surface area contributed by atoms with Gasteiger partial charge in [0.15, 0.2) is 17.3 Å². The standard InChI is InChI=1S/C79H100Cl2N9O20PS/c1-6-86(26-27-87(7-2)79(100)109-65-42-60-70(58-16-10-8-14-56(58)65)53(45-80)47-89(60)74(95)63-22-23-64(108-63)75(96)90-48-54(46-81)71-59-17-11-9-15-57(59)66(110-111)43-61(71)90)78(99)107-49-51-18-20-55(21-19-51)84-73(94)52(13-12-25-83-77(82)98)41-62(91)72(50(3)4)85-68(92)24-29-101-31-33-103-35-37-105-39-40-106-38-36-104-34-32-102-30-28-88-69(93)44-67(112-5)76(88)97/h8-11,14-23,42-43,50,52-54,67,72H,6-7,12-13,24-41,44-49,111H2,1-5H3,(H,84,94)(H,85,92)(H3,82,83,98)/t52-,53-,54-,67?,72+/m1/s1. The van der Waals surface area contributed by atoms with Crippen molar-refractivity contribution in [2.75, 3.05) is 165 Å². The zero-order valence-corrected chi connectivity index (χ0v) is 67.2. The van der Waals surface area contributed by atoms with Gasteiger partial charge in [-0.1, -0.05) is 74.5 Å². The summed E-state index contributed by atoms with van der Waals surface area (Å²) < 4.78 is 56.9. The molecule has 0 aliphatic carbocycles. The van der Waals surface area contributed by atoms with E-state index < -0.39 is 53.8 Å². The molecule has 0 bridgehead atoms. The number of nitrogens with two attached hydrogens (primary N) is 1. The molecule has 3 aliphatic heterocycles. The minimum atomic E-state index is -0.908. The number of hydrogen-bond acceptors (Lipinski definition) is 21. The molecule has 10 amide bonds. The van der Waals surface area contributed by atoms with Crippen molar-refractivity contribution in [1.29, 1.82) is 0 Å². The molecule has 1 aromatic heterocycles. The first kappa shape index (κ1) is 87.3. The number of ether oxygens (including phenoxy) is 8. The zero-order chi connectivity index (χ0) is 80.2. The topological polar surface area (TPSA) is 345 Å². The number of fused-ring (bicyclic) bond motifs is 6. The molecule has 0 spiro atoms. The summed E-state index contributed by atoms with van der Waals surface area (Å²) in [6, 6.07) is 26.5. The predicted octanol–water partition coefficient (Wildman–Crippen LogP) is 10.3. The van der Waals surface area contributed by atoms with E-state index >= 15 is 0 Å². The zero-order valence-electron chi connectivity index (χ0n) is 63.7. The van der Waals surface area contributed by atoms with Crippen molar-refractivity contribution in [3.05, 3.63) is 125 Å². The lowest BCUT2D eigenvalue weighted by atomic mass is 9.89. The van der Waals surface area contributed by atoms with Gasteiger partial charge in [-0.3, -0.25) is 38.5 Å². The third-order valence-corrected chi connectivity index (χ3v) is 21.4. The number of thioether (sulfide) groups is 1. The number of anilines is 3. The summed E-state index contributed by atoms with van der Waals surface area (Å²) in [6.07, 6.45) is 0.980. The van der Waals surface area contributed by atoms with Gasteiger partial charge in [-0.05, 0) is 90.6 Å². The van der Waals surface area contributed by atoms with Gasteiger partial charge in [0.1, 0.15) is 18.1 Å². The van der Waals surface area contributed by atoms with E-state index in [4.69, 9.17) is 75.8 Å². The molecule has 1 fully saturated rings. The highest BCUT2D eigenvalue weighted by Crippen LogP contribution is 2.48. The number of hydrogen-bond donors (Lipinski definition) is 4. The number of rotatable bonds is 46. The molecule has 33 heteroatoms. The van der Waals surface area contributed by atoms with Gasteiger partial charge in [0.2, 0.25) is 23.6 Å². The summed E-state index contributed by atoms with van der Waals surface area (Å²) in [6.45, 7) is 12.1. The van der Waals surface area contributed by atoms with Gasteiger partial charge in [0.05, 0.1) is 118 Å². The molecule has 112 heavy (non-hydrogen) atoms. The number of amides is 10. The van der Waals surface area contributed by atoms with Crippen LogP contribution in [0.5, 0.6) is 11.5 Å². The average molecular weight is 1630 g/mol. The van der Waals surface area contributed by atoms with Gasteiger partial charge in [-0.15, -0.1) is 23.2 Å². The molecule has 4 heterocycles. The minimum Gasteiger partial charge on any atom is -0.480 e. The number of halogens is 2.